The molecule has 2 nitrogen and oxygen atoms in total. The summed E-state index contributed by atoms with van der Waals surface area (Å²) < 4.78 is 0. The van der Waals surface area contributed by atoms with Crippen molar-refractivity contribution in [1.82, 2.24) is 0 Å². The molecule has 2 aliphatic rings. The number of primary amides is 1. The van der Waals surface area contributed by atoms with E-state index in [1.807, 2.05) is 0 Å². The maximum atomic E-state index is 12.0. The van der Waals surface area contributed by atoms with Crippen LogP contribution in [0.3, 0.4) is 0 Å². The lowest BCUT2D eigenvalue weighted by atomic mass is 9.50. The van der Waals surface area contributed by atoms with Gasteiger partial charge in [0, 0.05) is 5.41 Å². The Kier molecular flexibility index (Phi) is 3.15. The van der Waals surface area contributed by atoms with E-state index >= 15 is 0 Å². The summed E-state index contributed by atoms with van der Waals surface area (Å²) in [5.74, 6) is 1.27. The molecule has 1 amide bonds. The first-order valence-electron chi connectivity index (χ1n) is 7.79. The molecule has 4 atom stereocenters. The number of hydrogen-bond acceptors (Lipinski definition) is 1. The molecule has 2 aliphatic carbocycles. The van der Waals surface area contributed by atoms with Crippen molar-refractivity contribution in [2.75, 3.05) is 0 Å². The molecule has 0 saturated heterocycles. The molecule has 2 saturated carbocycles. The Hall–Kier alpha value is -1.31. The Bertz CT molecular complexity index is 507. The molecule has 1 aromatic carbocycles. The lowest BCUT2D eigenvalue weighted by molar-refractivity contribution is -0.133. The van der Waals surface area contributed by atoms with Crippen LogP contribution in [-0.4, -0.2) is 5.91 Å². The van der Waals surface area contributed by atoms with Crippen LogP contribution in [0.15, 0.2) is 30.3 Å². The lowest BCUT2D eigenvalue weighted by Crippen LogP contribution is -2.51. The predicted octanol–water partition coefficient (Wildman–Crippen LogP) is 3.65. The number of carbonyl (C=O) groups excluding carboxylic acids is 1. The van der Waals surface area contributed by atoms with Gasteiger partial charge in [0.15, 0.2) is 0 Å². The normalized spacial score (nSPS) is 40.3. The summed E-state index contributed by atoms with van der Waals surface area (Å²) in [5, 5.41) is 0. The van der Waals surface area contributed by atoms with Gasteiger partial charge in [0.1, 0.15) is 0 Å². The molecule has 0 radical (unpaired) electrons. The van der Waals surface area contributed by atoms with Crippen LogP contribution in [0.2, 0.25) is 0 Å². The Labute approximate surface area is 121 Å². The quantitative estimate of drug-likeness (QED) is 0.876. The average Bonchev–Trinajstić information content (AvgIpc) is 2.38. The number of hydrogen-bond donors (Lipinski definition) is 1. The van der Waals surface area contributed by atoms with E-state index in [-0.39, 0.29) is 16.7 Å². The van der Waals surface area contributed by atoms with Gasteiger partial charge in [0.05, 0.1) is 0 Å². The van der Waals surface area contributed by atoms with E-state index in [4.69, 9.17) is 5.73 Å². The van der Waals surface area contributed by atoms with Crippen molar-refractivity contribution >= 4 is 5.91 Å². The third-order valence-corrected chi connectivity index (χ3v) is 5.60. The number of nitrogens with two attached hydrogens (primary N) is 1. The number of benzene rings is 1. The molecular formula is C18H25NO. The van der Waals surface area contributed by atoms with Crippen LogP contribution in [0.4, 0.5) is 0 Å². The Morgan fingerprint density at radius 2 is 1.90 bits per heavy atom. The van der Waals surface area contributed by atoms with Crippen LogP contribution in [0.1, 0.15) is 51.5 Å². The average molecular weight is 271 g/mol. The van der Waals surface area contributed by atoms with Gasteiger partial charge in [0.2, 0.25) is 5.91 Å². The van der Waals surface area contributed by atoms with Gasteiger partial charge in [0.25, 0.3) is 0 Å². The first-order chi connectivity index (χ1) is 9.43. The van der Waals surface area contributed by atoms with E-state index in [2.05, 4.69) is 44.2 Å². The zero-order valence-electron chi connectivity index (χ0n) is 12.6. The minimum absolute atomic E-state index is 0.114. The zero-order chi connectivity index (χ0) is 14.4. The van der Waals surface area contributed by atoms with E-state index in [1.54, 1.807) is 0 Å². The summed E-state index contributed by atoms with van der Waals surface area (Å²) in [6, 6.07) is 10.8. The van der Waals surface area contributed by atoms with Gasteiger partial charge in [-0.25, -0.2) is 0 Å². The van der Waals surface area contributed by atoms with Crippen molar-refractivity contribution < 1.29 is 4.79 Å². The highest BCUT2D eigenvalue weighted by atomic mass is 16.1. The molecule has 0 aliphatic heterocycles. The summed E-state index contributed by atoms with van der Waals surface area (Å²) in [7, 11) is 0. The summed E-state index contributed by atoms with van der Waals surface area (Å²) >= 11 is 0. The molecule has 2 N–H and O–H groups in total. The summed E-state index contributed by atoms with van der Waals surface area (Å²) in [6.07, 6.45) is 5.56. The fraction of sp³-hybridized carbons (Fsp3) is 0.611. The van der Waals surface area contributed by atoms with Gasteiger partial charge < -0.3 is 5.73 Å². The van der Waals surface area contributed by atoms with E-state index in [1.165, 1.54) is 24.8 Å². The molecule has 4 unspecified atom stereocenters. The van der Waals surface area contributed by atoms with Gasteiger partial charge in [-0.05, 0) is 54.9 Å². The predicted molar refractivity (Wildman–Crippen MR) is 81.2 cm³/mol. The molecule has 20 heavy (non-hydrogen) atoms. The number of carbonyl (C=O) groups is 1. The third kappa shape index (κ3) is 2.15. The van der Waals surface area contributed by atoms with E-state index in [9.17, 15) is 4.79 Å². The molecule has 0 spiro atoms. The maximum absolute atomic E-state index is 12.0. The number of rotatable bonds is 2. The molecular weight excluding hydrogens is 246 g/mol. The van der Waals surface area contributed by atoms with Crippen molar-refractivity contribution in [3.8, 4) is 0 Å². The van der Waals surface area contributed by atoms with Crippen LogP contribution in [0.5, 0.6) is 0 Å². The monoisotopic (exact) mass is 271 g/mol. The highest BCUT2D eigenvalue weighted by molar-refractivity contribution is 5.80. The molecule has 108 valence electrons. The fourth-order valence-corrected chi connectivity index (χ4v) is 5.11. The molecule has 2 heteroatoms. The van der Waals surface area contributed by atoms with E-state index in [0.717, 1.165) is 18.8 Å². The first kappa shape index (κ1) is 13.7. The van der Waals surface area contributed by atoms with Gasteiger partial charge in [-0.1, -0.05) is 44.2 Å². The second kappa shape index (κ2) is 4.61. The molecule has 0 aromatic heterocycles. The summed E-state index contributed by atoms with van der Waals surface area (Å²) in [6.45, 7) is 4.44. The Morgan fingerprint density at radius 3 is 2.55 bits per heavy atom. The second-order valence-corrected chi connectivity index (χ2v) is 7.57. The number of fused-ring (bicyclic) bond motifs is 2. The highest BCUT2D eigenvalue weighted by Crippen LogP contribution is 2.57. The third-order valence-electron chi connectivity index (χ3n) is 5.60. The second-order valence-electron chi connectivity index (χ2n) is 7.57. The van der Waals surface area contributed by atoms with E-state index in [0.29, 0.717) is 5.92 Å². The van der Waals surface area contributed by atoms with Crippen molar-refractivity contribution in [3.63, 3.8) is 0 Å². The van der Waals surface area contributed by atoms with Gasteiger partial charge in [-0.2, -0.15) is 0 Å². The first-order valence-corrected chi connectivity index (χ1v) is 7.79. The van der Waals surface area contributed by atoms with Crippen molar-refractivity contribution in [2.24, 2.45) is 23.0 Å². The van der Waals surface area contributed by atoms with Crippen LogP contribution >= 0.6 is 0 Å². The highest BCUT2D eigenvalue weighted by Gasteiger charge is 2.52. The molecule has 3 rings (SSSR count). The van der Waals surface area contributed by atoms with Crippen molar-refractivity contribution in [3.05, 3.63) is 35.9 Å². The Balaban J connectivity index is 2.03. The summed E-state index contributed by atoms with van der Waals surface area (Å²) in [4.78, 5) is 12.0. The number of amides is 1. The Morgan fingerprint density at radius 1 is 1.20 bits per heavy atom. The molecule has 2 bridgehead atoms. The minimum Gasteiger partial charge on any atom is -0.369 e. The van der Waals surface area contributed by atoms with Crippen LogP contribution in [-0.2, 0) is 10.2 Å². The molecule has 2 fully saturated rings. The van der Waals surface area contributed by atoms with Gasteiger partial charge in [-0.15, -0.1) is 0 Å². The minimum atomic E-state index is -0.334. The largest absolute Gasteiger partial charge is 0.369 e. The molecule has 0 heterocycles. The summed E-state index contributed by atoms with van der Waals surface area (Å²) in [5.41, 5.74) is 6.97. The standard InChI is InChI=1S/C18H25NO/c1-13-8-14-10-17(2,16(19)20)12-18(9-13,11-14)15-6-4-3-5-7-15/h3-7,13-14H,8-12H2,1-2H3,(H2,19,20). The van der Waals surface area contributed by atoms with Gasteiger partial charge >= 0.3 is 0 Å². The zero-order valence-corrected chi connectivity index (χ0v) is 12.6. The van der Waals surface area contributed by atoms with Crippen molar-refractivity contribution in [2.45, 2.75) is 51.4 Å². The SMILES string of the molecule is CC1CC2CC(C)(C(N)=O)CC(c3ccccc3)(C1)C2. The fourth-order valence-electron chi connectivity index (χ4n) is 5.11. The van der Waals surface area contributed by atoms with Gasteiger partial charge in [-0.3, -0.25) is 4.79 Å². The van der Waals surface area contributed by atoms with Crippen molar-refractivity contribution in [1.29, 1.82) is 0 Å². The van der Waals surface area contributed by atoms with Crippen LogP contribution in [0, 0.1) is 17.3 Å². The lowest BCUT2D eigenvalue weighted by Gasteiger charge is -2.53. The topological polar surface area (TPSA) is 43.1 Å². The smallest absolute Gasteiger partial charge is 0.223 e. The maximum Gasteiger partial charge on any atom is 0.223 e. The van der Waals surface area contributed by atoms with Crippen LogP contribution < -0.4 is 5.73 Å². The molecule has 1 aromatic rings. The van der Waals surface area contributed by atoms with Crippen LogP contribution in [0.25, 0.3) is 0 Å². The van der Waals surface area contributed by atoms with E-state index < -0.39 is 0 Å².